The van der Waals surface area contributed by atoms with E-state index in [0.717, 1.165) is 27.5 Å². The minimum atomic E-state index is -1.24. The van der Waals surface area contributed by atoms with Gasteiger partial charge in [0, 0.05) is 49.1 Å². The van der Waals surface area contributed by atoms with Crippen molar-refractivity contribution in [1.82, 2.24) is 4.31 Å². The molecule has 0 saturated carbocycles. The highest BCUT2D eigenvalue weighted by atomic mass is 32.2. The van der Waals surface area contributed by atoms with Crippen molar-refractivity contribution in [3.05, 3.63) is 61.1 Å². The summed E-state index contributed by atoms with van der Waals surface area (Å²) in [5.41, 5.74) is 2.66. The number of carbonyl (C=O) groups excluding carboxylic acids is 1. The fourth-order valence-electron chi connectivity index (χ4n) is 3.85. The van der Waals surface area contributed by atoms with Crippen molar-refractivity contribution in [3.63, 3.8) is 0 Å². The van der Waals surface area contributed by atoms with E-state index in [-0.39, 0.29) is 12.7 Å². The lowest BCUT2D eigenvalue weighted by Gasteiger charge is -2.35. The Labute approximate surface area is 208 Å². The van der Waals surface area contributed by atoms with Crippen LogP contribution in [-0.2, 0) is 20.5 Å². The maximum Gasteiger partial charge on any atom is 0.343 e. The van der Waals surface area contributed by atoms with Gasteiger partial charge in [0.2, 0.25) is 0 Å². The summed E-state index contributed by atoms with van der Waals surface area (Å²) >= 11 is 0. The fraction of sp³-hybridized carbons (Fsp3) is 0.346. The van der Waals surface area contributed by atoms with Gasteiger partial charge in [-0.05, 0) is 56.3 Å². The van der Waals surface area contributed by atoms with Crippen LogP contribution in [0.2, 0.25) is 0 Å². The molecule has 2 heterocycles. The number of benzene rings is 2. The summed E-state index contributed by atoms with van der Waals surface area (Å²) in [5.74, 6) is 0.895. The summed E-state index contributed by atoms with van der Waals surface area (Å²) in [6.45, 7) is 6.50. The van der Waals surface area contributed by atoms with Gasteiger partial charge < -0.3 is 23.5 Å². The maximum absolute atomic E-state index is 13.1. The van der Waals surface area contributed by atoms with Crippen molar-refractivity contribution in [1.29, 1.82) is 0 Å². The zero-order valence-electron chi connectivity index (χ0n) is 20.1. The molecule has 1 aliphatic heterocycles. The number of carbonyl (C=O) groups is 1. The van der Waals surface area contributed by atoms with Crippen LogP contribution in [0.4, 0.5) is 5.69 Å². The molecule has 186 valence electrons. The number of nitrogens with zero attached hydrogens (tertiary/aromatic N) is 2. The van der Waals surface area contributed by atoms with E-state index in [1.165, 1.54) is 7.11 Å². The summed E-state index contributed by atoms with van der Waals surface area (Å²) in [4.78, 5) is 14.6. The Bertz CT molecular complexity index is 1140. The first kappa shape index (κ1) is 24.8. The Balaban J connectivity index is 1.42. The van der Waals surface area contributed by atoms with E-state index in [2.05, 4.69) is 4.90 Å². The molecule has 0 N–H and O–H groups in total. The average Bonchev–Trinajstić information content (AvgIpc) is 3.42. The minimum Gasteiger partial charge on any atom is -0.491 e. The molecule has 0 amide bonds. The number of hydrogen-bond acceptors (Lipinski definition) is 7. The molecule has 0 bridgehead atoms. The molecule has 3 aromatic rings. The quantitative estimate of drug-likeness (QED) is 0.410. The monoisotopic (exact) mass is 498 g/mol. The van der Waals surface area contributed by atoms with Gasteiger partial charge >= 0.3 is 5.97 Å². The first-order valence-corrected chi connectivity index (χ1v) is 12.6. The van der Waals surface area contributed by atoms with E-state index in [1.807, 2.05) is 66.7 Å². The second-order valence-electron chi connectivity index (χ2n) is 8.36. The number of hydrogen-bond donors (Lipinski definition) is 0. The van der Waals surface area contributed by atoms with Crippen LogP contribution in [0.15, 0.2) is 70.4 Å². The largest absolute Gasteiger partial charge is 0.491 e. The molecule has 0 aliphatic carbocycles. The maximum atomic E-state index is 13.1. The lowest BCUT2D eigenvalue weighted by Crippen LogP contribution is -2.46. The van der Waals surface area contributed by atoms with E-state index >= 15 is 0 Å². The third-order valence-electron chi connectivity index (χ3n) is 5.61. The third-order valence-corrected chi connectivity index (χ3v) is 7.12. The molecule has 0 spiro atoms. The second-order valence-corrected chi connectivity index (χ2v) is 9.85. The van der Waals surface area contributed by atoms with Crippen LogP contribution >= 0.6 is 0 Å². The fourth-order valence-corrected chi connectivity index (χ4v) is 5.01. The number of piperazine rings is 1. The number of anilines is 1. The lowest BCUT2D eigenvalue weighted by atomic mass is 10.1. The molecule has 1 saturated heterocycles. The molecule has 35 heavy (non-hydrogen) atoms. The highest BCUT2D eigenvalue weighted by Crippen LogP contribution is 2.34. The lowest BCUT2D eigenvalue weighted by molar-refractivity contribution is -0.142. The van der Waals surface area contributed by atoms with Crippen molar-refractivity contribution < 1.29 is 27.6 Å². The first-order chi connectivity index (χ1) is 16.9. The van der Waals surface area contributed by atoms with Crippen LogP contribution in [0.25, 0.3) is 11.1 Å². The minimum absolute atomic E-state index is 0.0968. The van der Waals surface area contributed by atoms with Gasteiger partial charge in [0.15, 0.2) is 6.61 Å². The zero-order valence-corrected chi connectivity index (χ0v) is 21.0. The molecule has 2 aromatic carbocycles. The van der Waals surface area contributed by atoms with E-state index in [1.54, 1.807) is 12.5 Å². The van der Waals surface area contributed by atoms with Crippen LogP contribution in [0, 0.1) is 0 Å². The number of methoxy groups -OCH3 is 1. The van der Waals surface area contributed by atoms with Gasteiger partial charge in [-0.15, -0.1) is 0 Å². The van der Waals surface area contributed by atoms with E-state index in [4.69, 9.17) is 18.6 Å². The SMILES string of the molecule is COC(=O)COc1cc(N2CCN(S(=O)c3ccc(OC(C)C)cc3)CC2)ccc1-c1ccoc1. The standard InChI is InChI=1S/C26H30N2O6S/c1-19(2)34-22-5-7-23(8-6-22)35(30)28-13-11-27(12-14-28)21-4-9-24(20-10-15-32-17-20)25(16-21)33-18-26(29)31-3/h4-10,15-17,19H,11-14,18H2,1-3H3. The summed E-state index contributed by atoms with van der Waals surface area (Å²) in [5, 5.41) is 0. The Kier molecular flexibility index (Phi) is 8.09. The number of rotatable bonds is 9. The molecule has 1 fully saturated rings. The van der Waals surface area contributed by atoms with Crippen LogP contribution in [0.5, 0.6) is 11.5 Å². The molecule has 1 aliphatic rings. The Hall–Kier alpha value is -3.30. The van der Waals surface area contributed by atoms with Gasteiger partial charge in [0.25, 0.3) is 0 Å². The molecule has 0 radical (unpaired) electrons. The van der Waals surface area contributed by atoms with Crippen LogP contribution in [0.1, 0.15) is 13.8 Å². The van der Waals surface area contributed by atoms with Gasteiger partial charge in [-0.25, -0.2) is 13.3 Å². The summed E-state index contributed by atoms with van der Waals surface area (Å²) < 4.78 is 36.4. The normalized spacial score (nSPS) is 15.1. The van der Waals surface area contributed by atoms with Crippen LogP contribution in [-0.4, -0.2) is 60.5 Å². The van der Waals surface area contributed by atoms with Crippen LogP contribution in [0.3, 0.4) is 0 Å². The van der Waals surface area contributed by atoms with E-state index in [0.29, 0.717) is 31.9 Å². The van der Waals surface area contributed by atoms with Crippen molar-refractivity contribution in [2.24, 2.45) is 0 Å². The van der Waals surface area contributed by atoms with Gasteiger partial charge in [0.1, 0.15) is 22.5 Å². The Morgan fingerprint density at radius 1 is 1.06 bits per heavy atom. The van der Waals surface area contributed by atoms with Gasteiger partial charge in [-0.2, -0.15) is 0 Å². The molecule has 1 unspecified atom stereocenters. The highest BCUT2D eigenvalue weighted by Gasteiger charge is 2.23. The summed E-state index contributed by atoms with van der Waals surface area (Å²) in [6.07, 6.45) is 3.33. The first-order valence-electron chi connectivity index (χ1n) is 11.5. The predicted octanol–water partition coefficient (Wildman–Crippen LogP) is 4.13. The van der Waals surface area contributed by atoms with E-state index < -0.39 is 17.0 Å². The smallest absolute Gasteiger partial charge is 0.343 e. The van der Waals surface area contributed by atoms with Crippen molar-refractivity contribution in [2.45, 2.75) is 24.8 Å². The summed E-state index contributed by atoms with van der Waals surface area (Å²) in [6, 6.07) is 15.2. The molecule has 4 rings (SSSR count). The zero-order chi connectivity index (χ0) is 24.8. The van der Waals surface area contributed by atoms with Crippen molar-refractivity contribution >= 4 is 22.6 Å². The predicted molar refractivity (Wildman–Crippen MR) is 134 cm³/mol. The molecule has 8 nitrogen and oxygen atoms in total. The highest BCUT2D eigenvalue weighted by molar-refractivity contribution is 7.82. The second kappa shape index (κ2) is 11.4. The molecule has 9 heteroatoms. The Morgan fingerprint density at radius 3 is 2.43 bits per heavy atom. The van der Waals surface area contributed by atoms with Crippen LogP contribution < -0.4 is 14.4 Å². The summed E-state index contributed by atoms with van der Waals surface area (Å²) in [7, 11) is 0.0944. The van der Waals surface area contributed by atoms with Gasteiger partial charge in [0.05, 0.1) is 30.6 Å². The topological polar surface area (TPSA) is 81.5 Å². The van der Waals surface area contributed by atoms with E-state index in [9.17, 15) is 9.00 Å². The molecular weight excluding hydrogens is 468 g/mol. The molecule has 1 aromatic heterocycles. The number of ether oxygens (including phenoxy) is 3. The number of furan rings is 1. The molecular formula is C26H30N2O6S. The van der Waals surface area contributed by atoms with Gasteiger partial charge in [-0.3, -0.25) is 0 Å². The van der Waals surface area contributed by atoms with Crippen molar-refractivity contribution in [2.75, 3.05) is 44.8 Å². The van der Waals surface area contributed by atoms with Gasteiger partial charge in [-0.1, -0.05) is 0 Å². The Morgan fingerprint density at radius 2 is 1.80 bits per heavy atom. The molecule has 1 atom stereocenters. The van der Waals surface area contributed by atoms with Crippen molar-refractivity contribution in [3.8, 4) is 22.6 Å². The number of esters is 1. The average molecular weight is 499 g/mol. The third kappa shape index (κ3) is 6.23.